The van der Waals surface area contributed by atoms with Crippen molar-refractivity contribution in [2.75, 3.05) is 0 Å². The van der Waals surface area contributed by atoms with Crippen LogP contribution >= 0.6 is 0 Å². The highest BCUT2D eigenvalue weighted by atomic mass is 19.4. The number of benzene rings is 2. The zero-order valence-electron chi connectivity index (χ0n) is 14.7. The van der Waals surface area contributed by atoms with Gasteiger partial charge in [-0.15, -0.1) is 0 Å². The lowest BCUT2D eigenvalue weighted by Crippen LogP contribution is -2.06. The number of hydrogen-bond acceptors (Lipinski definition) is 5. The molecule has 0 spiro atoms. The minimum absolute atomic E-state index is 0.0265. The van der Waals surface area contributed by atoms with E-state index in [1.165, 1.54) is 24.3 Å². The molecule has 28 heavy (non-hydrogen) atoms. The maximum Gasteiger partial charge on any atom is 0.416 e. The summed E-state index contributed by atoms with van der Waals surface area (Å²) in [5, 5.41) is 3.72. The number of rotatable bonds is 6. The average molecular weight is 388 g/mol. The maximum absolute atomic E-state index is 12.7. The van der Waals surface area contributed by atoms with Gasteiger partial charge in [0.2, 0.25) is 11.7 Å². The first-order valence-electron chi connectivity index (χ1n) is 8.23. The predicted molar refractivity (Wildman–Crippen MR) is 94.6 cm³/mol. The largest absolute Gasteiger partial charge is 0.485 e. The van der Waals surface area contributed by atoms with Gasteiger partial charge in [0.15, 0.2) is 12.4 Å². The van der Waals surface area contributed by atoms with Crippen molar-refractivity contribution in [2.24, 2.45) is 0 Å². The van der Waals surface area contributed by atoms with Crippen LogP contribution in [0.4, 0.5) is 13.2 Å². The molecule has 0 atom stereocenters. The lowest BCUT2D eigenvalue weighted by molar-refractivity contribution is -0.137. The molecule has 0 aliphatic carbocycles. The molecule has 1 heterocycles. The topological polar surface area (TPSA) is 65.2 Å². The van der Waals surface area contributed by atoms with Crippen LogP contribution in [0.15, 0.2) is 59.1 Å². The predicted octanol–water partition coefficient (Wildman–Crippen LogP) is 4.87. The number of hydrogen-bond donors (Lipinski definition) is 0. The zero-order chi connectivity index (χ0) is 20.1. The summed E-state index contributed by atoms with van der Waals surface area (Å²) in [5.41, 5.74) is -0.186. The number of nitrogens with zero attached hydrogens (tertiary/aromatic N) is 2. The van der Waals surface area contributed by atoms with Crippen LogP contribution < -0.4 is 4.74 Å². The summed E-state index contributed by atoms with van der Waals surface area (Å²) in [6.45, 7) is 1.83. The van der Waals surface area contributed by atoms with Gasteiger partial charge in [0.05, 0.1) is 5.56 Å². The molecule has 0 saturated carbocycles. The standard InChI is InChI=1S/C20H15F3N2O3/c1-13-24-19(25-28-13)12-27-17-8-5-14(6-9-17)7-10-18(26)15-3-2-4-16(11-15)20(21,22)23/h2-11H,12H2,1H3. The van der Waals surface area contributed by atoms with E-state index >= 15 is 0 Å². The second-order valence-corrected chi connectivity index (χ2v) is 5.86. The lowest BCUT2D eigenvalue weighted by atomic mass is 10.1. The van der Waals surface area contributed by atoms with Crippen molar-refractivity contribution in [3.05, 3.63) is 83.0 Å². The van der Waals surface area contributed by atoms with Crippen LogP contribution in [0.5, 0.6) is 5.75 Å². The number of aromatic nitrogens is 2. The molecule has 0 N–H and O–H groups in total. The molecule has 0 aliphatic heterocycles. The Morgan fingerprint density at radius 2 is 1.93 bits per heavy atom. The number of ether oxygens (including phenoxy) is 1. The first-order valence-corrected chi connectivity index (χ1v) is 8.23. The Balaban J connectivity index is 1.61. The van der Waals surface area contributed by atoms with Crippen LogP contribution in [-0.4, -0.2) is 15.9 Å². The van der Waals surface area contributed by atoms with Gasteiger partial charge in [0, 0.05) is 12.5 Å². The Kier molecular flexibility index (Phi) is 5.58. The quantitative estimate of drug-likeness (QED) is 0.445. The Morgan fingerprint density at radius 3 is 2.57 bits per heavy atom. The van der Waals surface area contributed by atoms with Gasteiger partial charge >= 0.3 is 6.18 Å². The molecule has 0 radical (unpaired) electrons. The molecule has 3 aromatic rings. The Morgan fingerprint density at radius 1 is 1.18 bits per heavy atom. The van der Waals surface area contributed by atoms with Crippen LogP contribution in [0.3, 0.4) is 0 Å². The van der Waals surface area contributed by atoms with Gasteiger partial charge < -0.3 is 9.26 Å². The molecular weight excluding hydrogens is 373 g/mol. The van der Waals surface area contributed by atoms with Crippen LogP contribution in [0.25, 0.3) is 6.08 Å². The summed E-state index contributed by atoms with van der Waals surface area (Å²) in [6, 6.07) is 11.1. The van der Waals surface area contributed by atoms with Crippen molar-refractivity contribution < 1.29 is 27.2 Å². The number of alkyl halides is 3. The Bertz CT molecular complexity index is 992. The van der Waals surface area contributed by atoms with Crippen LogP contribution in [0.2, 0.25) is 0 Å². The zero-order valence-corrected chi connectivity index (χ0v) is 14.7. The highest BCUT2D eigenvalue weighted by molar-refractivity contribution is 6.06. The fourth-order valence-corrected chi connectivity index (χ4v) is 2.34. The second-order valence-electron chi connectivity index (χ2n) is 5.86. The summed E-state index contributed by atoms with van der Waals surface area (Å²) in [4.78, 5) is 16.1. The van der Waals surface area contributed by atoms with Gasteiger partial charge in [0.25, 0.3) is 0 Å². The van der Waals surface area contributed by atoms with E-state index in [-0.39, 0.29) is 12.2 Å². The molecule has 2 aromatic carbocycles. The van der Waals surface area contributed by atoms with E-state index in [4.69, 9.17) is 9.26 Å². The van der Waals surface area contributed by atoms with Gasteiger partial charge in [-0.25, -0.2) is 0 Å². The SMILES string of the molecule is Cc1nc(COc2ccc(C=CC(=O)c3cccc(C(F)(F)F)c3)cc2)no1. The molecule has 1 aromatic heterocycles. The summed E-state index contributed by atoms with van der Waals surface area (Å²) in [6.07, 6.45) is -1.74. The van der Waals surface area contributed by atoms with Gasteiger partial charge in [-0.3, -0.25) is 4.79 Å². The van der Waals surface area contributed by atoms with E-state index in [9.17, 15) is 18.0 Å². The molecule has 144 valence electrons. The number of carbonyl (C=O) groups is 1. The maximum atomic E-state index is 12.7. The van der Waals surface area contributed by atoms with Crippen molar-refractivity contribution >= 4 is 11.9 Å². The van der Waals surface area contributed by atoms with E-state index in [0.29, 0.717) is 23.0 Å². The molecule has 0 saturated heterocycles. The fraction of sp³-hybridized carbons (Fsp3) is 0.150. The van der Waals surface area contributed by atoms with E-state index in [1.807, 2.05) is 0 Å². The van der Waals surface area contributed by atoms with Crippen LogP contribution in [0.1, 0.15) is 33.2 Å². The Hall–Kier alpha value is -3.42. The van der Waals surface area contributed by atoms with Gasteiger partial charge in [-0.05, 0) is 35.9 Å². The highest BCUT2D eigenvalue weighted by Gasteiger charge is 2.30. The summed E-state index contributed by atoms with van der Waals surface area (Å²) < 4.78 is 48.6. The lowest BCUT2D eigenvalue weighted by Gasteiger charge is -2.07. The van der Waals surface area contributed by atoms with Crippen molar-refractivity contribution in [3.63, 3.8) is 0 Å². The number of allylic oxidation sites excluding steroid dienone is 1. The summed E-state index contributed by atoms with van der Waals surface area (Å²) in [5.74, 6) is 0.931. The Labute approximate surface area is 158 Å². The molecule has 0 unspecified atom stereocenters. The molecule has 8 heteroatoms. The van der Waals surface area contributed by atoms with Crippen LogP contribution in [0, 0.1) is 6.92 Å². The van der Waals surface area contributed by atoms with Gasteiger partial charge in [-0.2, -0.15) is 18.2 Å². The van der Waals surface area contributed by atoms with E-state index in [2.05, 4.69) is 10.1 Å². The van der Waals surface area contributed by atoms with Crippen molar-refractivity contribution in [2.45, 2.75) is 19.7 Å². The summed E-state index contributed by atoms with van der Waals surface area (Å²) >= 11 is 0. The molecule has 5 nitrogen and oxygen atoms in total. The first-order chi connectivity index (χ1) is 13.3. The van der Waals surface area contributed by atoms with E-state index in [0.717, 1.165) is 12.1 Å². The van der Waals surface area contributed by atoms with Crippen molar-refractivity contribution in [1.82, 2.24) is 10.1 Å². The second kappa shape index (κ2) is 8.08. The minimum atomic E-state index is -4.49. The van der Waals surface area contributed by atoms with Gasteiger partial charge in [0.1, 0.15) is 5.75 Å². The fourth-order valence-electron chi connectivity index (χ4n) is 2.34. The monoisotopic (exact) mass is 388 g/mol. The minimum Gasteiger partial charge on any atom is -0.485 e. The smallest absolute Gasteiger partial charge is 0.416 e. The molecule has 3 rings (SSSR count). The summed E-state index contributed by atoms with van der Waals surface area (Å²) in [7, 11) is 0. The normalized spacial score (nSPS) is 11.7. The van der Waals surface area contributed by atoms with E-state index < -0.39 is 17.5 Å². The van der Waals surface area contributed by atoms with Crippen molar-refractivity contribution in [1.29, 1.82) is 0 Å². The number of carbonyl (C=O) groups excluding carboxylic acids is 1. The van der Waals surface area contributed by atoms with Crippen LogP contribution in [-0.2, 0) is 12.8 Å². The number of aryl methyl sites for hydroxylation is 1. The molecular formula is C20H15F3N2O3. The van der Waals surface area contributed by atoms with Gasteiger partial charge in [-0.1, -0.05) is 35.5 Å². The third kappa shape index (κ3) is 5.06. The number of halogens is 3. The van der Waals surface area contributed by atoms with Crippen molar-refractivity contribution in [3.8, 4) is 5.75 Å². The van der Waals surface area contributed by atoms with E-state index in [1.54, 1.807) is 31.2 Å². The highest BCUT2D eigenvalue weighted by Crippen LogP contribution is 2.29. The third-order valence-electron chi connectivity index (χ3n) is 3.72. The first kappa shape index (κ1) is 19.3. The number of ketones is 1. The molecule has 0 aliphatic rings. The average Bonchev–Trinajstić information content (AvgIpc) is 3.10. The third-order valence-corrected chi connectivity index (χ3v) is 3.72. The molecule has 0 bridgehead atoms. The molecule has 0 amide bonds. The molecule has 0 fully saturated rings.